The van der Waals surface area contributed by atoms with Crippen LogP contribution in [0, 0.1) is 13.8 Å². The van der Waals surface area contributed by atoms with Crippen molar-refractivity contribution in [1.82, 2.24) is 15.5 Å². The van der Waals surface area contributed by atoms with E-state index in [1.54, 1.807) is 27.7 Å². The monoisotopic (exact) mass is 548 g/mol. The van der Waals surface area contributed by atoms with E-state index in [2.05, 4.69) is 10.6 Å². The summed E-state index contributed by atoms with van der Waals surface area (Å²) in [5, 5.41) is 5.30. The van der Waals surface area contributed by atoms with Gasteiger partial charge in [0, 0.05) is 19.5 Å². The minimum atomic E-state index is -1.17. The molecule has 0 saturated heterocycles. The topological polar surface area (TPSA) is 157 Å². The van der Waals surface area contributed by atoms with Crippen LogP contribution in [-0.2, 0) is 28.7 Å². The van der Waals surface area contributed by atoms with Crippen LogP contribution >= 0.6 is 0 Å². The first-order valence-electron chi connectivity index (χ1n) is 13.3. The number of hydrogen-bond acceptors (Lipinski definition) is 7. The minimum absolute atomic E-state index is 0.0222. The number of carbonyl (C=O) groups excluding carboxylic acids is 5. The lowest BCUT2D eigenvalue weighted by Gasteiger charge is -2.34. The highest BCUT2D eigenvalue weighted by atomic mass is 16.6. The highest BCUT2D eigenvalue weighted by Gasteiger charge is 2.36. The predicted octanol–water partition coefficient (Wildman–Crippen LogP) is 2.81. The van der Waals surface area contributed by atoms with Gasteiger partial charge in [-0.25, -0.2) is 4.79 Å². The molecule has 218 valence electrons. The summed E-state index contributed by atoms with van der Waals surface area (Å²) in [6.45, 7) is 12.8. The Morgan fingerprint density at radius 3 is 2.13 bits per heavy atom. The number of primary amides is 1. The van der Waals surface area contributed by atoms with Crippen LogP contribution in [0.1, 0.15) is 83.0 Å². The molecule has 0 saturated carbocycles. The van der Waals surface area contributed by atoms with Crippen molar-refractivity contribution < 1.29 is 33.4 Å². The molecular weight excluding hydrogens is 504 g/mol. The maximum Gasteiger partial charge on any atom is 0.408 e. The van der Waals surface area contributed by atoms with Crippen molar-refractivity contribution in [1.29, 1.82) is 0 Å². The average Bonchev–Trinajstić information content (AvgIpc) is 2.79. The molecule has 1 aromatic rings. The van der Waals surface area contributed by atoms with Crippen LogP contribution in [0.5, 0.6) is 0 Å². The van der Waals surface area contributed by atoms with E-state index >= 15 is 0 Å². The second-order valence-electron chi connectivity index (χ2n) is 10.4. The van der Waals surface area contributed by atoms with Crippen LogP contribution in [0.15, 0.2) is 18.2 Å². The summed E-state index contributed by atoms with van der Waals surface area (Å²) < 4.78 is 10.3. The number of ether oxygens (including phenoxy) is 2. The van der Waals surface area contributed by atoms with Crippen LogP contribution in [0.2, 0.25) is 0 Å². The number of aryl methyl sites for hydroxylation is 2. The summed E-state index contributed by atoms with van der Waals surface area (Å²) >= 11 is 0. The molecule has 0 aliphatic rings. The molecule has 0 aliphatic carbocycles. The molecule has 0 aliphatic heterocycles. The van der Waals surface area contributed by atoms with Crippen molar-refractivity contribution in [2.24, 2.45) is 5.73 Å². The molecule has 2 atom stereocenters. The second kappa shape index (κ2) is 15.7. The van der Waals surface area contributed by atoms with E-state index in [-0.39, 0.29) is 39.0 Å². The highest BCUT2D eigenvalue weighted by Crippen LogP contribution is 2.26. The highest BCUT2D eigenvalue weighted by molar-refractivity contribution is 5.92. The van der Waals surface area contributed by atoms with Crippen molar-refractivity contribution >= 4 is 29.8 Å². The van der Waals surface area contributed by atoms with Gasteiger partial charge in [0.25, 0.3) is 0 Å². The molecule has 4 N–H and O–H groups in total. The number of rotatable bonds is 14. The average molecular weight is 549 g/mol. The fraction of sp³-hybridized carbons (Fsp3) is 0.607. The number of benzene rings is 1. The summed E-state index contributed by atoms with van der Waals surface area (Å²) in [6, 6.07) is 3.36. The van der Waals surface area contributed by atoms with Gasteiger partial charge in [-0.1, -0.05) is 36.2 Å². The first-order chi connectivity index (χ1) is 18.2. The Hall–Kier alpha value is -3.63. The zero-order valence-electron chi connectivity index (χ0n) is 24.2. The molecule has 2 unspecified atom stereocenters. The summed E-state index contributed by atoms with van der Waals surface area (Å²) in [5.41, 5.74) is 6.89. The summed E-state index contributed by atoms with van der Waals surface area (Å²) in [7, 11) is 0. The Kier molecular flexibility index (Phi) is 13.4. The van der Waals surface area contributed by atoms with Crippen molar-refractivity contribution in [3.63, 3.8) is 0 Å². The Bertz CT molecular complexity index is 999. The Labute approximate surface area is 231 Å². The molecule has 1 aromatic carbocycles. The molecular formula is C28H44N4O7. The van der Waals surface area contributed by atoms with Crippen molar-refractivity contribution in [2.75, 3.05) is 19.7 Å². The van der Waals surface area contributed by atoms with E-state index in [0.29, 0.717) is 12.0 Å². The molecule has 11 nitrogen and oxygen atoms in total. The second-order valence-corrected chi connectivity index (χ2v) is 10.4. The van der Waals surface area contributed by atoms with Crippen LogP contribution < -0.4 is 16.4 Å². The van der Waals surface area contributed by atoms with Crippen molar-refractivity contribution in [2.45, 2.75) is 91.8 Å². The normalized spacial score (nSPS) is 12.6. The quantitative estimate of drug-likeness (QED) is 0.302. The fourth-order valence-corrected chi connectivity index (χ4v) is 4.06. The third kappa shape index (κ3) is 12.2. The van der Waals surface area contributed by atoms with Gasteiger partial charge in [-0.2, -0.15) is 0 Å². The molecule has 0 aromatic heterocycles. The van der Waals surface area contributed by atoms with Gasteiger partial charge in [0.15, 0.2) is 0 Å². The number of nitrogens with zero attached hydrogens (tertiary/aromatic N) is 1. The molecule has 39 heavy (non-hydrogen) atoms. The van der Waals surface area contributed by atoms with E-state index in [9.17, 15) is 24.0 Å². The smallest absolute Gasteiger partial charge is 0.408 e. The lowest BCUT2D eigenvalue weighted by Crippen LogP contribution is -2.53. The largest absolute Gasteiger partial charge is 0.466 e. The van der Waals surface area contributed by atoms with E-state index in [1.165, 1.54) is 4.90 Å². The first-order valence-corrected chi connectivity index (χ1v) is 13.3. The number of hydrogen-bond donors (Lipinski definition) is 3. The zero-order valence-corrected chi connectivity index (χ0v) is 24.2. The zero-order chi connectivity index (χ0) is 29.8. The van der Waals surface area contributed by atoms with Crippen LogP contribution in [0.4, 0.5) is 4.79 Å². The van der Waals surface area contributed by atoms with Gasteiger partial charge in [0.05, 0.1) is 13.0 Å². The van der Waals surface area contributed by atoms with E-state index in [0.717, 1.165) is 11.1 Å². The van der Waals surface area contributed by atoms with Crippen molar-refractivity contribution in [3.8, 4) is 0 Å². The van der Waals surface area contributed by atoms with Gasteiger partial charge in [0.1, 0.15) is 17.7 Å². The summed E-state index contributed by atoms with van der Waals surface area (Å²) in [6.07, 6.45) is -0.576. The number of nitrogens with two attached hydrogens (primary N) is 1. The Balaban J connectivity index is 3.43. The lowest BCUT2D eigenvalue weighted by atomic mass is 9.97. The minimum Gasteiger partial charge on any atom is -0.466 e. The van der Waals surface area contributed by atoms with E-state index in [1.807, 2.05) is 39.0 Å². The Morgan fingerprint density at radius 1 is 1.00 bits per heavy atom. The third-order valence-corrected chi connectivity index (χ3v) is 5.47. The summed E-state index contributed by atoms with van der Waals surface area (Å²) in [5.74, 6) is -2.13. The van der Waals surface area contributed by atoms with E-state index < -0.39 is 47.5 Å². The number of esters is 1. The number of nitrogens with one attached hydrogen (secondary N) is 2. The third-order valence-electron chi connectivity index (χ3n) is 5.47. The molecule has 0 heterocycles. The fourth-order valence-electron chi connectivity index (χ4n) is 4.06. The molecule has 0 bridgehead atoms. The van der Waals surface area contributed by atoms with Gasteiger partial charge in [0.2, 0.25) is 17.7 Å². The molecule has 1 rings (SSSR count). The molecule has 4 amide bonds. The van der Waals surface area contributed by atoms with Crippen molar-refractivity contribution in [3.05, 3.63) is 34.9 Å². The maximum absolute atomic E-state index is 14.0. The Morgan fingerprint density at radius 2 is 1.62 bits per heavy atom. The predicted molar refractivity (Wildman–Crippen MR) is 147 cm³/mol. The number of carbonyl (C=O) groups is 5. The van der Waals surface area contributed by atoms with Gasteiger partial charge in [-0.05, 0) is 59.9 Å². The van der Waals surface area contributed by atoms with Crippen LogP contribution in [-0.4, -0.2) is 66.0 Å². The number of alkyl carbamates (subject to hydrolysis) is 1. The van der Waals surface area contributed by atoms with Gasteiger partial charge < -0.3 is 30.7 Å². The maximum atomic E-state index is 14.0. The van der Waals surface area contributed by atoms with E-state index in [4.69, 9.17) is 15.2 Å². The first kappa shape index (κ1) is 33.4. The SMILES string of the molecule is CCCN(C(=O)C(CCC(N)=O)NC(=O)OC(C)(C)C)C(C(=O)NCCC(=O)OCC)c1cc(C)cc(C)c1. The molecule has 11 heteroatoms. The van der Waals surface area contributed by atoms with Gasteiger partial charge in [-0.3, -0.25) is 19.2 Å². The van der Waals surface area contributed by atoms with Crippen LogP contribution in [0.25, 0.3) is 0 Å². The summed E-state index contributed by atoms with van der Waals surface area (Å²) in [4.78, 5) is 64.8. The standard InChI is InChI=1S/C28H44N4O7/c1-8-14-32(26(36)21(10-11-22(29)33)31-27(37)39-28(5,6)7)24(20-16-18(3)15-19(4)17-20)25(35)30-13-12-23(34)38-9-2/h15-17,21,24H,8-14H2,1-7H3,(H2,29,33)(H,30,35)(H,31,37). The van der Waals surface area contributed by atoms with Gasteiger partial charge in [-0.15, -0.1) is 0 Å². The molecule has 0 spiro atoms. The van der Waals surface area contributed by atoms with Crippen LogP contribution in [0.3, 0.4) is 0 Å². The molecule has 0 fully saturated rings. The molecule has 0 radical (unpaired) electrons. The lowest BCUT2D eigenvalue weighted by molar-refractivity contribution is -0.144. The van der Waals surface area contributed by atoms with Gasteiger partial charge >= 0.3 is 12.1 Å². The number of amides is 4.